The largest absolute Gasteiger partial charge is 0.416 e. The van der Waals surface area contributed by atoms with Crippen molar-refractivity contribution in [2.24, 2.45) is 0 Å². The number of aryl methyl sites for hydroxylation is 2. The minimum atomic E-state index is -4.31. The van der Waals surface area contributed by atoms with Gasteiger partial charge in [0.15, 0.2) is 0 Å². The molecule has 3 rings (SSSR count). The van der Waals surface area contributed by atoms with Crippen LogP contribution in [-0.2, 0) is 19.0 Å². The van der Waals surface area contributed by atoms with E-state index in [1.54, 1.807) is 12.1 Å². The van der Waals surface area contributed by atoms with Crippen LogP contribution in [0.15, 0.2) is 72.8 Å². The molecule has 1 amide bonds. The monoisotopic (exact) mass is 481 g/mol. The van der Waals surface area contributed by atoms with E-state index in [1.165, 1.54) is 25.7 Å². The molecule has 5 heteroatoms. The number of rotatable bonds is 12. The number of carbonyl (C=O) groups is 1. The molecule has 0 aromatic heterocycles. The molecule has 0 radical (unpaired) electrons. The second-order valence-corrected chi connectivity index (χ2v) is 9.00. The quantitative estimate of drug-likeness (QED) is 0.259. The van der Waals surface area contributed by atoms with Gasteiger partial charge in [0, 0.05) is 12.1 Å². The summed E-state index contributed by atoms with van der Waals surface area (Å²) in [5, 5.41) is 3.02. The molecular weight excluding hydrogens is 447 g/mol. The summed E-state index contributed by atoms with van der Waals surface area (Å²) in [7, 11) is 0. The summed E-state index contributed by atoms with van der Waals surface area (Å²) < 4.78 is 38.1. The first-order valence-corrected chi connectivity index (χ1v) is 12.5. The van der Waals surface area contributed by atoms with Crippen molar-refractivity contribution in [1.29, 1.82) is 0 Å². The molecule has 0 aliphatic heterocycles. The van der Waals surface area contributed by atoms with E-state index in [-0.39, 0.29) is 5.91 Å². The maximum absolute atomic E-state index is 12.7. The first kappa shape index (κ1) is 26.5. The molecule has 0 unspecified atom stereocenters. The summed E-state index contributed by atoms with van der Waals surface area (Å²) in [6.07, 6.45) is 4.25. The van der Waals surface area contributed by atoms with Gasteiger partial charge in [-0.2, -0.15) is 13.2 Å². The Morgan fingerprint density at radius 3 is 1.97 bits per heavy atom. The van der Waals surface area contributed by atoms with E-state index in [0.29, 0.717) is 18.5 Å². The van der Waals surface area contributed by atoms with Gasteiger partial charge in [0.1, 0.15) is 0 Å². The molecule has 0 aliphatic rings. The van der Waals surface area contributed by atoms with E-state index in [1.807, 2.05) is 48.5 Å². The highest BCUT2D eigenvalue weighted by molar-refractivity contribution is 5.95. The second-order valence-electron chi connectivity index (χ2n) is 9.00. The van der Waals surface area contributed by atoms with E-state index >= 15 is 0 Å². The summed E-state index contributed by atoms with van der Waals surface area (Å²) in [4.78, 5) is 12.5. The van der Waals surface area contributed by atoms with Crippen LogP contribution in [0, 0.1) is 0 Å². The minimum absolute atomic E-state index is 0.0476. The maximum Gasteiger partial charge on any atom is 0.416 e. The summed E-state index contributed by atoms with van der Waals surface area (Å²) >= 11 is 0. The number of unbranched alkanes of at least 4 members (excludes halogenated alkanes) is 5. The standard InChI is InChI=1S/C30H34F3NO/c1-2-3-4-5-6-7-21-34-29(35)27-10-8-9-26(22-27)25-17-13-23(14-18-25)11-12-24-15-19-28(20-16-24)30(31,32)33/h8-10,13-20,22H,2-7,11-12,21H2,1H3,(H,34,35). The molecule has 0 heterocycles. The molecular formula is C30H34F3NO. The van der Waals surface area contributed by atoms with Gasteiger partial charge in [0.25, 0.3) is 5.91 Å². The van der Waals surface area contributed by atoms with E-state index < -0.39 is 11.7 Å². The molecule has 35 heavy (non-hydrogen) atoms. The van der Waals surface area contributed by atoms with Crippen molar-refractivity contribution in [3.8, 4) is 11.1 Å². The third-order valence-electron chi connectivity index (χ3n) is 6.21. The molecule has 0 saturated carbocycles. The van der Waals surface area contributed by atoms with E-state index in [2.05, 4.69) is 12.2 Å². The number of nitrogens with one attached hydrogen (secondary N) is 1. The average Bonchev–Trinajstić information content (AvgIpc) is 2.87. The predicted molar refractivity (Wildman–Crippen MR) is 136 cm³/mol. The smallest absolute Gasteiger partial charge is 0.352 e. The highest BCUT2D eigenvalue weighted by Gasteiger charge is 2.29. The third kappa shape index (κ3) is 8.57. The Morgan fingerprint density at radius 1 is 0.743 bits per heavy atom. The number of benzene rings is 3. The van der Waals surface area contributed by atoms with Crippen molar-refractivity contribution in [3.05, 3.63) is 95.1 Å². The third-order valence-corrected chi connectivity index (χ3v) is 6.21. The van der Waals surface area contributed by atoms with Gasteiger partial charge in [-0.1, -0.05) is 87.6 Å². The minimum Gasteiger partial charge on any atom is -0.352 e. The molecule has 0 saturated heterocycles. The van der Waals surface area contributed by atoms with Crippen molar-refractivity contribution in [3.63, 3.8) is 0 Å². The molecule has 0 aliphatic carbocycles. The fourth-order valence-electron chi connectivity index (χ4n) is 4.06. The van der Waals surface area contributed by atoms with Gasteiger partial charge in [0.2, 0.25) is 0 Å². The topological polar surface area (TPSA) is 29.1 Å². The fraction of sp³-hybridized carbons (Fsp3) is 0.367. The molecule has 3 aromatic carbocycles. The van der Waals surface area contributed by atoms with E-state index in [0.717, 1.165) is 53.6 Å². The molecule has 186 valence electrons. The van der Waals surface area contributed by atoms with Gasteiger partial charge in [-0.25, -0.2) is 0 Å². The molecule has 2 nitrogen and oxygen atoms in total. The Kier molecular flexibility index (Phi) is 9.95. The van der Waals surface area contributed by atoms with Gasteiger partial charge < -0.3 is 5.32 Å². The van der Waals surface area contributed by atoms with Crippen LogP contribution in [0.5, 0.6) is 0 Å². The summed E-state index contributed by atoms with van der Waals surface area (Å²) in [6.45, 7) is 2.90. The number of hydrogen-bond acceptors (Lipinski definition) is 1. The van der Waals surface area contributed by atoms with Crippen molar-refractivity contribution in [1.82, 2.24) is 5.32 Å². The zero-order valence-corrected chi connectivity index (χ0v) is 20.3. The molecule has 0 fully saturated rings. The number of alkyl halides is 3. The summed E-state index contributed by atoms with van der Waals surface area (Å²) in [5.41, 5.74) is 4.02. The van der Waals surface area contributed by atoms with Crippen LogP contribution in [0.4, 0.5) is 13.2 Å². The zero-order chi connectivity index (χ0) is 25.1. The molecule has 0 atom stereocenters. The summed E-state index contributed by atoms with van der Waals surface area (Å²) in [5.74, 6) is -0.0476. The van der Waals surface area contributed by atoms with E-state index in [4.69, 9.17) is 0 Å². The van der Waals surface area contributed by atoms with Crippen LogP contribution in [0.25, 0.3) is 11.1 Å². The Labute approximate surface area is 206 Å². The van der Waals surface area contributed by atoms with Crippen LogP contribution in [-0.4, -0.2) is 12.5 Å². The number of carbonyl (C=O) groups excluding carboxylic acids is 1. The fourth-order valence-corrected chi connectivity index (χ4v) is 4.06. The lowest BCUT2D eigenvalue weighted by Crippen LogP contribution is -2.24. The van der Waals surface area contributed by atoms with Crippen LogP contribution in [0.3, 0.4) is 0 Å². The Balaban J connectivity index is 1.51. The first-order valence-electron chi connectivity index (χ1n) is 12.5. The van der Waals surface area contributed by atoms with Gasteiger partial charge >= 0.3 is 6.18 Å². The highest BCUT2D eigenvalue weighted by atomic mass is 19.4. The first-order chi connectivity index (χ1) is 16.9. The normalized spacial score (nSPS) is 11.4. The Morgan fingerprint density at radius 2 is 1.34 bits per heavy atom. The van der Waals surface area contributed by atoms with Crippen LogP contribution < -0.4 is 5.32 Å². The second kappa shape index (κ2) is 13.1. The van der Waals surface area contributed by atoms with Gasteiger partial charge in [0.05, 0.1) is 5.56 Å². The van der Waals surface area contributed by atoms with Crippen molar-refractivity contribution >= 4 is 5.91 Å². The zero-order valence-electron chi connectivity index (χ0n) is 20.3. The average molecular weight is 482 g/mol. The number of hydrogen-bond donors (Lipinski definition) is 1. The predicted octanol–water partition coefficient (Wildman–Crippen LogP) is 8.25. The molecule has 3 aromatic rings. The van der Waals surface area contributed by atoms with Gasteiger partial charge in [-0.3, -0.25) is 4.79 Å². The van der Waals surface area contributed by atoms with Crippen molar-refractivity contribution in [2.75, 3.05) is 6.54 Å². The van der Waals surface area contributed by atoms with Gasteiger partial charge in [-0.05, 0) is 65.8 Å². The van der Waals surface area contributed by atoms with Crippen molar-refractivity contribution < 1.29 is 18.0 Å². The van der Waals surface area contributed by atoms with Crippen LogP contribution >= 0.6 is 0 Å². The lowest BCUT2D eigenvalue weighted by Gasteiger charge is -2.09. The molecule has 0 spiro atoms. The maximum atomic E-state index is 12.7. The Bertz CT molecular complexity index is 1060. The number of halogens is 3. The van der Waals surface area contributed by atoms with Gasteiger partial charge in [-0.15, -0.1) is 0 Å². The lowest BCUT2D eigenvalue weighted by molar-refractivity contribution is -0.137. The number of amides is 1. The summed E-state index contributed by atoms with van der Waals surface area (Å²) in [6, 6.07) is 21.1. The highest BCUT2D eigenvalue weighted by Crippen LogP contribution is 2.29. The Hall–Kier alpha value is -3.08. The molecule has 0 bridgehead atoms. The van der Waals surface area contributed by atoms with Crippen LogP contribution in [0.1, 0.15) is 72.5 Å². The SMILES string of the molecule is CCCCCCCCNC(=O)c1cccc(-c2ccc(CCc3ccc(C(F)(F)F)cc3)cc2)c1. The molecule has 1 N–H and O–H groups in total. The van der Waals surface area contributed by atoms with Crippen LogP contribution in [0.2, 0.25) is 0 Å². The lowest BCUT2D eigenvalue weighted by atomic mass is 9.99. The van der Waals surface area contributed by atoms with Crippen molar-refractivity contribution in [2.45, 2.75) is 64.5 Å². The van der Waals surface area contributed by atoms with E-state index in [9.17, 15) is 18.0 Å².